The molecule has 3 aromatic rings. The highest BCUT2D eigenvalue weighted by atomic mass is 19.4. The molecule has 1 aromatic heterocycles. The molecule has 1 saturated heterocycles. The number of nitrogens with zero attached hydrogens (tertiary/aromatic N) is 3. The van der Waals surface area contributed by atoms with Crippen molar-refractivity contribution in [2.45, 2.75) is 25.3 Å². The van der Waals surface area contributed by atoms with Crippen LogP contribution in [0.15, 0.2) is 54.7 Å². The Hall–Kier alpha value is -3.51. The lowest BCUT2D eigenvalue weighted by molar-refractivity contribution is -0.143. The number of carbonyl (C=O) groups is 1. The van der Waals surface area contributed by atoms with Crippen LogP contribution in [0.1, 0.15) is 32.9 Å². The topological polar surface area (TPSA) is 67.4 Å². The predicted molar refractivity (Wildman–Crippen MR) is 126 cm³/mol. The second-order valence-corrected chi connectivity index (χ2v) is 8.72. The molecule has 0 aliphatic carbocycles. The van der Waals surface area contributed by atoms with E-state index >= 15 is 0 Å². The number of benzene rings is 2. The van der Waals surface area contributed by atoms with Crippen LogP contribution in [0, 0.1) is 0 Å². The third-order valence-electron chi connectivity index (χ3n) is 5.95. The van der Waals surface area contributed by atoms with Gasteiger partial charge in [-0.05, 0) is 30.2 Å². The fraction of sp³-hybridized carbons (Fsp3) is 0.346. The van der Waals surface area contributed by atoms with Crippen LogP contribution < -0.4 is 5.32 Å². The number of hydrogen-bond donors (Lipinski definition) is 1. The second-order valence-electron chi connectivity index (χ2n) is 8.72. The largest absolute Gasteiger partial charge is 0.416 e. The number of ether oxygens (including phenoxy) is 1. The minimum atomic E-state index is -4.94. The molecule has 12 heteroatoms. The Balaban J connectivity index is 1.52. The molecule has 202 valence electrons. The molecule has 2 aromatic carbocycles. The highest BCUT2D eigenvalue weighted by Gasteiger charge is 2.36. The van der Waals surface area contributed by atoms with Gasteiger partial charge in [-0.1, -0.05) is 30.3 Å². The van der Waals surface area contributed by atoms with Crippen molar-refractivity contribution >= 4 is 5.91 Å². The molecule has 1 amide bonds. The molecule has 0 saturated carbocycles. The number of halogens is 6. The molecule has 2 heterocycles. The fourth-order valence-corrected chi connectivity index (χ4v) is 4.02. The molecular weight excluding hydrogens is 514 g/mol. The lowest BCUT2D eigenvalue weighted by Crippen LogP contribution is -2.36. The summed E-state index contributed by atoms with van der Waals surface area (Å²) in [5.74, 6) is -0.0873. The predicted octanol–water partition coefficient (Wildman–Crippen LogP) is 4.99. The number of rotatable bonds is 7. The molecule has 0 spiro atoms. The van der Waals surface area contributed by atoms with Gasteiger partial charge in [-0.25, -0.2) is 9.97 Å². The van der Waals surface area contributed by atoms with Gasteiger partial charge in [0.05, 0.1) is 42.1 Å². The van der Waals surface area contributed by atoms with Crippen LogP contribution in [0.5, 0.6) is 0 Å². The van der Waals surface area contributed by atoms with E-state index in [4.69, 9.17) is 4.74 Å². The van der Waals surface area contributed by atoms with Crippen molar-refractivity contribution in [3.05, 3.63) is 82.8 Å². The molecule has 4 rings (SSSR count). The number of carbonyl (C=O) groups excluding carboxylic acids is 1. The van der Waals surface area contributed by atoms with Crippen LogP contribution in [-0.4, -0.2) is 53.6 Å². The summed E-state index contributed by atoms with van der Waals surface area (Å²) in [7, 11) is 0. The Morgan fingerprint density at radius 2 is 1.58 bits per heavy atom. The molecule has 1 aliphatic heterocycles. The molecule has 0 bridgehead atoms. The Morgan fingerprint density at radius 3 is 2.18 bits per heavy atom. The monoisotopic (exact) mass is 538 g/mol. The maximum Gasteiger partial charge on any atom is 0.416 e. The zero-order valence-corrected chi connectivity index (χ0v) is 20.1. The number of nitrogens with one attached hydrogen (secondary N) is 1. The first-order chi connectivity index (χ1) is 18.0. The standard InChI is InChI=1S/C26H24F6N4O2/c27-25(28,29)19-12-17(13-20(14-19)26(30,31)32)6-7-33-24(37)21-15-34-22(16-36-8-10-38-11-9-36)35-23(21)18-4-2-1-3-5-18/h1-5,12-15H,6-11,16H2,(H,33,37). The van der Waals surface area contributed by atoms with Crippen LogP contribution in [-0.2, 0) is 30.1 Å². The zero-order chi connectivity index (χ0) is 27.3. The number of morpholine rings is 1. The van der Waals surface area contributed by atoms with Crippen molar-refractivity contribution < 1.29 is 35.9 Å². The third kappa shape index (κ3) is 7.07. The first-order valence-corrected chi connectivity index (χ1v) is 11.8. The van der Waals surface area contributed by atoms with E-state index in [0.29, 0.717) is 49.0 Å². The van der Waals surface area contributed by atoms with Gasteiger partial charge in [0.15, 0.2) is 0 Å². The van der Waals surface area contributed by atoms with Crippen LogP contribution in [0.3, 0.4) is 0 Å². The Kier molecular flexibility index (Phi) is 8.32. The van der Waals surface area contributed by atoms with Crippen molar-refractivity contribution in [1.29, 1.82) is 0 Å². The van der Waals surface area contributed by atoms with E-state index in [9.17, 15) is 31.1 Å². The highest BCUT2D eigenvalue weighted by Crippen LogP contribution is 2.36. The molecule has 6 nitrogen and oxygen atoms in total. The van der Waals surface area contributed by atoms with Gasteiger partial charge in [-0.15, -0.1) is 0 Å². The molecule has 1 fully saturated rings. The van der Waals surface area contributed by atoms with Gasteiger partial charge in [0.2, 0.25) is 0 Å². The first-order valence-electron chi connectivity index (χ1n) is 11.8. The van der Waals surface area contributed by atoms with E-state index in [1.807, 2.05) is 6.07 Å². The average molecular weight is 538 g/mol. The summed E-state index contributed by atoms with van der Waals surface area (Å²) in [6.45, 7) is 2.91. The number of amides is 1. The van der Waals surface area contributed by atoms with Crippen molar-refractivity contribution in [3.63, 3.8) is 0 Å². The van der Waals surface area contributed by atoms with Gasteiger partial charge in [-0.2, -0.15) is 26.3 Å². The maximum atomic E-state index is 13.1. The molecule has 0 atom stereocenters. The fourth-order valence-electron chi connectivity index (χ4n) is 4.02. The quantitative estimate of drug-likeness (QED) is 0.430. The van der Waals surface area contributed by atoms with Gasteiger partial charge in [0.25, 0.3) is 5.91 Å². The highest BCUT2D eigenvalue weighted by molar-refractivity contribution is 5.99. The van der Waals surface area contributed by atoms with E-state index in [0.717, 1.165) is 13.1 Å². The minimum absolute atomic E-state index is 0.0734. The maximum absolute atomic E-state index is 13.1. The Labute approximate surface area is 214 Å². The number of alkyl halides is 6. The lowest BCUT2D eigenvalue weighted by atomic mass is 10.0. The van der Waals surface area contributed by atoms with Crippen LogP contribution in [0.2, 0.25) is 0 Å². The van der Waals surface area contributed by atoms with Crippen LogP contribution in [0.25, 0.3) is 11.3 Å². The molecule has 0 radical (unpaired) electrons. The van der Waals surface area contributed by atoms with Crippen LogP contribution in [0.4, 0.5) is 26.3 Å². The van der Waals surface area contributed by atoms with Crippen molar-refractivity contribution in [2.75, 3.05) is 32.8 Å². The number of hydrogen-bond acceptors (Lipinski definition) is 5. The lowest BCUT2D eigenvalue weighted by Gasteiger charge is -2.25. The normalized spacial score (nSPS) is 14.9. The Bertz CT molecular complexity index is 1230. The van der Waals surface area contributed by atoms with E-state index in [2.05, 4.69) is 20.2 Å². The molecule has 1 aliphatic rings. The van der Waals surface area contributed by atoms with E-state index < -0.39 is 29.4 Å². The van der Waals surface area contributed by atoms with Gasteiger partial charge < -0.3 is 10.1 Å². The molecule has 0 unspecified atom stereocenters. The van der Waals surface area contributed by atoms with Gasteiger partial charge in [0.1, 0.15) is 5.82 Å². The van der Waals surface area contributed by atoms with Crippen molar-refractivity contribution in [3.8, 4) is 11.3 Å². The van der Waals surface area contributed by atoms with Crippen molar-refractivity contribution in [2.24, 2.45) is 0 Å². The number of aromatic nitrogens is 2. The summed E-state index contributed by atoms with van der Waals surface area (Å²) >= 11 is 0. The second kappa shape index (κ2) is 11.5. The van der Waals surface area contributed by atoms with Crippen LogP contribution >= 0.6 is 0 Å². The SMILES string of the molecule is O=C(NCCc1cc(C(F)(F)F)cc(C(F)(F)F)c1)c1cnc(CN2CCOCC2)nc1-c1ccccc1. The zero-order valence-electron chi connectivity index (χ0n) is 20.1. The summed E-state index contributed by atoms with van der Waals surface area (Å²) in [4.78, 5) is 24.0. The summed E-state index contributed by atoms with van der Waals surface area (Å²) in [5.41, 5.74) is -1.82. The minimum Gasteiger partial charge on any atom is -0.379 e. The van der Waals surface area contributed by atoms with Crippen molar-refractivity contribution in [1.82, 2.24) is 20.2 Å². The first kappa shape index (κ1) is 27.5. The van der Waals surface area contributed by atoms with Gasteiger partial charge in [-0.3, -0.25) is 9.69 Å². The third-order valence-corrected chi connectivity index (χ3v) is 5.95. The Morgan fingerprint density at radius 1 is 0.947 bits per heavy atom. The summed E-state index contributed by atoms with van der Waals surface area (Å²) in [6, 6.07) is 10.3. The summed E-state index contributed by atoms with van der Waals surface area (Å²) in [5, 5.41) is 2.57. The van der Waals surface area contributed by atoms with E-state index in [1.165, 1.54) is 6.20 Å². The molecule has 1 N–H and O–H groups in total. The molecular formula is C26H24F6N4O2. The van der Waals surface area contributed by atoms with Gasteiger partial charge in [0, 0.05) is 31.4 Å². The van der Waals surface area contributed by atoms with Gasteiger partial charge >= 0.3 is 12.4 Å². The summed E-state index contributed by atoms with van der Waals surface area (Å²) in [6.07, 6.45) is -8.74. The smallest absolute Gasteiger partial charge is 0.379 e. The molecule has 38 heavy (non-hydrogen) atoms. The van der Waals surface area contributed by atoms with E-state index in [1.54, 1.807) is 24.3 Å². The average Bonchev–Trinajstić information content (AvgIpc) is 2.88. The summed E-state index contributed by atoms with van der Waals surface area (Å²) < 4.78 is 84.2. The van der Waals surface area contributed by atoms with E-state index in [-0.39, 0.29) is 30.2 Å².